The molecule has 444 valence electrons. The summed E-state index contributed by atoms with van der Waals surface area (Å²) in [4.78, 5) is 2.37. The van der Waals surface area contributed by atoms with Gasteiger partial charge in [0.1, 0.15) is 0 Å². The number of nitrogens with one attached hydrogen (secondary N) is 1. The fraction of sp³-hybridized carbons (Fsp3) is 0. The summed E-state index contributed by atoms with van der Waals surface area (Å²) < 4.78 is 7.52. The van der Waals surface area contributed by atoms with Crippen molar-refractivity contribution in [2.45, 2.75) is 0 Å². The number of benzene rings is 16. The minimum Gasteiger partial charge on any atom is -0.355 e. The molecule has 16 aromatic carbocycles. The Hall–Kier alpha value is -12.3. The minimum absolute atomic E-state index is 1.02. The van der Waals surface area contributed by atoms with Crippen molar-refractivity contribution in [1.82, 2.24) is 9.13 Å². The lowest BCUT2D eigenvalue weighted by Crippen LogP contribution is -2.10. The van der Waals surface area contributed by atoms with Crippen LogP contribution < -0.4 is 10.2 Å². The Bertz CT molecular complexity index is 6140. The molecule has 0 saturated carbocycles. The van der Waals surface area contributed by atoms with E-state index in [1.165, 1.54) is 107 Å². The maximum absolute atomic E-state index is 3.85. The third-order valence-corrected chi connectivity index (χ3v) is 20.7. The Morgan fingerprint density at radius 2 is 0.726 bits per heavy atom. The lowest BCUT2D eigenvalue weighted by atomic mass is 9.97. The van der Waals surface area contributed by atoms with Crippen molar-refractivity contribution in [3.63, 3.8) is 0 Å². The van der Waals surface area contributed by atoms with Crippen LogP contribution in [0.3, 0.4) is 0 Å². The van der Waals surface area contributed by atoms with Gasteiger partial charge in [-0.1, -0.05) is 224 Å². The van der Waals surface area contributed by atoms with Crippen LogP contribution in [0.15, 0.2) is 346 Å². The van der Waals surface area contributed by atoms with Crippen LogP contribution in [0.2, 0.25) is 0 Å². The number of hydrogen-bond donors (Lipinski definition) is 1. The van der Waals surface area contributed by atoms with E-state index in [2.05, 4.69) is 365 Å². The van der Waals surface area contributed by atoms with Crippen LogP contribution in [0.5, 0.6) is 0 Å². The normalized spacial score (nSPS) is 11.8. The number of anilines is 5. The second-order valence-electron chi connectivity index (χ2n) is 24.9. The van der Waals surface area contributed by atoms with Crippen LogP contribution in [0, 0.1) is 0 Å². The number of rotatable bonds is 11. The Morgan fingerprint density at radius 3 is 1.41 bits per heavy atom. The van der Waals surface area contributed by atoms with Crippen molar-refractivity contribution < 1.29 is 0 Å². The Kier molecular flexibility index (Phi) is 12.7. The third kappa shape index (κ3) is 9.19. The van der Waals surface area contributed by atoms with E-state index >= 15 is 0 Å². The molecule has 0 unspecified atom stereocenters. The van der Waals surface area contributed by atoms with E-state index in [0.29, 0.717) is 0 Å². The topological polar surface area (TPSA) is 25.1 Å². The predicted molar refractivity (Wildman–Crippen MR) is 407 cm³/mol. The standard InChI is InChI=1S/C90H58N4S/c1-2-18-64-55-67(32-31-58(64)15-1)61-35-43-71(44-36-61)92(72-47-49-74(50-48-72)93-82-29-11-8-27-80(82)89-85(93)54-51-79-78-26-9-12-30-86(78)95-90(79)89)70-41-33-60(34-42-70)66-20-14-22-69(57-66)91-81-28-10-7-23-75(81)68-21-13-19-65(56-68)59-37-45-73(46-38-59)94-83-52-39-62-16-3-5-24-76(62)87(83)88-77-25-6-4-17-63(77)40-53-84(88)94/h1-57,91H. The van der Waals surface area contributed by atoms with Crippen molar-refractivity contribution in [2.24, 2.45) is 0 Å². The van der Waals surface area contributed by atoms with Gasteiger partial charge in [0, 0.05) is 87.1 Å². The smallest absolute Gasteiger partial charge is 0.0555 e. The minimum atomic E-state index is 1.02. The number of aromatic nitrogens is 2. The van der Waals surface area contributed by atoms with Gasteiger partial charge in [0.15, 0.2) is 0 Å². The first-order chi connectivity index (χ1) is 47.1. The van der Waals surface area contributed by atoms with E-state index in [9.17, 15) is 0 Å². The van der Waals surface area contributed by atoms with Crippen LogP contribution in [0.25, 0.3) is 152 Å². The first-order valence-electron chi connectivity index (χ1n) is 32.5. The van der Waals surface area contributed by atoms with Gasteiger partial charge < -0.3 is 19.4 Å². The van der Waals surface area contributed by atoms with Crippen molar-refractivity contribution in [1.29, 1.82) is 0 Å². The van der Waals surface area contributed by atoms with Crippen LogP contribution in [-0.2, 0) is 0 Å². The number of nitrogens with zero attached hydrogens (tertiary/aromatic N) is 3. The van der Waals surface area contributed by atoms with Gasteiger partial charge in [0.05, 0.1) is 22.1 Å². The highest BCUT2D eigenvalue weighted by atomic mass is 32.1. The summed E-state index contributed by atoms with van der Waals surface area (Å²) in [5.74, 6) is 0. The molecule has 4 nitrogen and oxygen atoms in total. The van der Waals surface area contributed by atoms with E-state index in [1.54, 1.807) is 0 Å². The molecule has 0 fully saturated rings. The highest BCUT2D eigenvalue weighted by molar-refractivity contribution is 7.26. The summed E-state index contributed by atoms with van der Waals surface area (Å²) >= 11 is 1.89. The maximum Gasteiger partial charge on any atom is 0.0555 e. The molecule has 0 atom stereocenters. The highest BCUT2D eigenvalue weighted by Gasteiger charge is 2.21. The molecule has 0 aliphatic carbocycles. The summed E-state index contributed by atoms with van der Waals surface area (Å²) in [5.41, 5.74) is 21.6. The van der Waals surface area contributed by atoms with Crippen molar-refractivity contribution in [2.75, 3.05) is 10.2 Å². The van der Waals surface area contributed by atoms with Crippen LogP contribution in [0.4, 0.5) is 28.4 Å². The zero-order valence-electron chi connectivity index (χ0n) is 51.7. The molecule has 19 rings (SSSR count). The predicted octanol–water partition coefficient (Wildman–Crippen LogP) is 25.6. The van der Waals surface area contributed by atoms with E-state index in [1.807, 2.05) is 11.3 Å². The lowest BCUT2D eigenvalue weighted by Gasteiger charge is -2.26. The highest BCUT2D eigenvalue weighted by Crippen LogP contribution is 2.46. The molecular formula is C90H58N4S. The van der Waals surface area contributed by atoms with Crippen molar-refractivity contribution >= 4 is 136 Å². The maximum atomic E-state index is 3.85. The number of hydrogen-bond acceptors (Lipinski definition) is 3. The zero-order valence-corrected chi connectivity index (χ0v) is 52.5. The van der Waals surface area contributed by atoms with Gasteiger partial charge in [0.25, 0.3) is 0 Å². The molecule has 0 bridgehead atoms. The second-order valence-corrected chi connectivity index (χ2v) is 25.9. The van der Waals surface area contributed by atoms with E-state index < -0.39 is 0 Å². The van der Waals surface area contributed by atoms with Gasteiger partial charge in [0.2, 0.25) is 0 Å². The fourth-order valence-electron chi connectivity index (χ4n) is 15.0. The van der Waals surface area contributed by atoms with Gasteiger partial charge in [-0.15, -0.1) is 11.3 Å². The molecule has 0 spiro atoms. The molecule has 5 heteroatoms. The molecule has 0 aliphatic rings. The average molecular weight is 1230 g/mol. The van der Waals surface area contributed by atoms with Gasteiger partial charge in [-0.05, 0) is 193 Å². The molecule has 0 saturated heterocycles. The van der Waals surface area contributed by atoms with Crippen LogP contribution >= 0.6 is 11.3 Å². The monoisotopic (exact) mass is 1230 g/mol. The van der Waals surface area contributed by atoms with E-state index in [4.69, 9.17) is 0 Å². The number of thiophene rings is 1. The summed E-state index contributed by atoms with van der Waals surface area (Å²) in [6.45, 7) is 0. The summed E-state index contributed by atoms with van der Waals surface area (Å²) in [5, 5.41) is 19.2. The second kappa shape index (κ2) is 22.2. The van der Waals surface area contributed by atoms with Crippen molar-refractivity contribution in [3.05, 3.63) is 346 Å². The Balaban J connectivity index is 0.625. The summed E-state index contributed by atoms with van der Waals surface area (Å²) in [6.07, 6.45) is 0. The Labute approximate surface area is 553 Å². The largest absolute Gasteiger partial charge is 0.355 e. The molecule has 1 N–H and O–H groups in total. The van der Waals surface area contributed by atoms with Crippen molar-refractivity contribution in [3.8, 4) is 55.9 Å². The molecule has 0 radical (unpaired) electrons. The summed E-state index contributed by atoms with van der Waals surface area (Å²) in [7, 11) is 0. The van der Waals surface area contributed by atoms with Gasteiger partial charge in [-0.3, -0.25) is 0 Å². The molecule has 95 heavy (non-hydrogen) atoms. The summed E-state index contributed by atoms with van der Waals surface area (Å²) in [6, 6.07) is 127. The molecular weight excluding hydrogens is 1170 g/mol. The lowest BCUT2D eigenvalue weighted by molar-refractivity contribution is 1.17. The average Bonchev–Trinajstić information content (AvgIpc) is 1.57. The Morgan fingerprint density at radius 1 is 0.263 bits per heavy atom. The SMILES string of the molecule is c1cc(Nc2ccccc2-c2cccc(-c3ccc(-n4c5ccc6ccccc6c5c5c6ccccc6ccc54)cc3)c2)cc(-c2ccc(N(c3ccc(-c4ccc5ccccc5c4)cc3)c3ccc(-n4c5ccccc5c5c6sc7ccccc7c6ccc54)cc3)cc2)c1. The first kappa shape index (κ1) is 54.5. The third-order valence-electron chi connectivity index (χ3n) is 19.5. The molecule has 3 heterocycles. The molecule has 19 aromatic rings. The van der Waals surface area contributed by atoms with Gasteiger partial charge >= 0.3 is 0 Å². The molecule has 0 aliphatic heterocycles. The first-order valence-corrected chi connectivity index (χ1v) is 33.3. The number of fused-ring (bicyclic) bond motifs is 15. The molecule has 3 aromatic heterocycles. The number of para-hydroxylation sites is 2. The van der Waals surface area contributed by atoms with Gasteiger partial charge in [-0.25, -0.2) is 0 Å². The van der Waals surface area contributed by atoms with Gasteiger partial charge in [-0.2, -0.15) is 0 Å². The zero-order chi connectivity index (χ0) is 62.5. The van der Waals surface area contributed by atoms with E-state index in [-0.39, 0.29) is 0 Å². The quantitative estimate of drug-likeness (QED) is 0.140. The van der Waals surface area contributed by atoms with E-state index in [0.717, 1.165) is 73.2 Å². The fourth-order valence-corrected chi connectivity index (χ4v) is 16.2. The van der Waals surface area contributed by atoms with Crippen LogP contribution in [-0.4, -0.2) is 9.13 Å². The van der Waals surface area contributed by atoms with Crippen LogP contribution in [0.1, 0.15) is 0 Å². The molecule has 0 amide bonds.